The van der Waals surface area contributed by atoms with Crippen molar-refractivity contribution >= 4 is 0 Å². The van der Waals surface area contributed by atoms with Crippen molar-refractivity contribution in [3.05, 3.63) is 53.6 Å². The van der Waals surface area contributed by atoms with E-state index in [9.17, 15) is 0 Å². The molecule has 0 saturated carbocycles. The Kier molecular flexibility index (Phi) is 4.90. The molecule has 2 aromatic rings. The Morgan fingerprint density at radius 2 is 2.18 bits per heavy atom. The first-order valence-corrected chi connectivity index (χ1v) is 8.07. The summed E-state index contributed by atoms with van der Waals surface area (Å²) < 4.78 is 7.39. The molecule has 1 fully saturated rings. The second-order valence-electron chi connectivity index (χ2n) is 6.06. The highest BCUT2D eigenvalue weighted by atomic mass is 16.5. The molecular formula is C18H25N3O. The van der Waals surface area contributed by atoms with Crippen LogP contribution in [0, 0.1) is 6.92 Å². The third-order valence-corrected chi connectivity index (χ3v) is 4.61. The molecule has 1 aliphatic heterocycles. The van der Waals surface area contributed by atoms with E-state index in [0.717, 1.165) is 26.2 Å². The molecule has 1 atom stereocenters. The van der Waals surface area contributed by atoms with Gasteiger partial charge in [-0.3, -0.25) is 4.90 Å². The van der Waals surface area contributed by atoms with E-state index in [1.54, 1.807) is 7.11 Å². The van der Waals surface area contributed by atoms with Crippen LogP contribution in [-0.2, 0) is 17.8 Å². The third-order valence-electron chi connectivity index (χ3n) is 4.61. The molecule has 22 heavy (non-hydrogen) atoms. The van der Waals surface area contributed by atoms with Crippen LogP contribution in [-0.4, -0.2) is 34.7 Å². The van der Waals surface area contributed by atoms with Crippen LogP contribution < -0.4 is 0 Å². The zero-order valence-electron chi connectivity index (χ0n) is 13.5. The standard InChI is InChI=1S/C18H25N3O/c1-15-6-3-4-7-17(15)18-8-5-9-20(18)13-16-12-19-14-21(16)10-11-22-2/h3-4,6-7,12,14,18H,5,8-11,13H2,1-2H3/t18-/m1/s1. The molecular weight excluding hydrogens is 274 g/mol. The van der Waals surface area contributed by atoms with Crippen LogP contribution in [0.4, 0.5) is 0 Å². The second kappa shape index (κ2) is 7.07. The summed E-state index contributed by atoms with van der Waals surface area (Å²) in [7, 11) is 1.74. The van der Waals surface area contributed by atoms with Crippen molar-refractivity contribution in [3.63, 3.8) is 0 Å². The largest absolute Gasteiger partial charge is 0.383 e. The summed E-state index contributed by atoms with van der Waals surface area (Å²) in [6, 6.07) is 9.31. The van der Waals surface area contributed by atoms with Crippen molar-refractivity contribution in [2.75, 3.05) is 20.3 Å². The molecule has 0 spiro atoms. The van der Waals surface area contributed by atoms with E-state index in [4.69, 9.17) is 4.74 Å². The minimum Gasteiger partial charge on any atom is -0.383 e. The number of imidazole rings is 1. The summed E-state index contributed by atoms with van der Waals surface area (Å²) in [4.78, 5) is 6.90. The summed E-state index contributed by atoms with van der Waals surface area (Å²) in [5, 5.41) is 0. The van der Waals surface area contributed by atoms with Crippen molar-refractivity contribution < 1.29 is 4.74 Å². The molecule has 1 aromatic carbocycles. The number of rotatable bonds is 6. The zero-order valence-corrected chi connectivity index (χ0v) is 13.5. The highest BCUT2D eigenvalue weighted by molar-refractivity contribution is 5.29. The Hall–Kier alpha value is -1.65. The lowest BCUT2D eigenvalue weighted by atomic mass is 9.99. The van der Waals surface area contributed by atoms with E-state index < -0.39 is 0 Å². The predicted octanol–water partition coefficient (Wildman–Crippen LogP) is 3.18. The van der Waals surface area contributed by atoms with Crippen LogP contribution in [0.3, 0.4) is 0 Å². The van der Waals surface area contributed by atoms with Gasteiger partial charge < -0.3 is 9.30 Å². The zero-order chi connectivity index (χ0) is 15.4. The number of methoxy groups -OCH3 is 1. The summed E-state index contributed by atoms with van der Waals surface area (Å²) in [5.74, 6) is 0. The molecule has 0 radical (unpaired) electrons. The Labute approximate surface area is 132 Å². The molecule has 4 nitrogen and oxygen atoms in total. The van der Waals surface area contributed by atoms with Crippen molar-refractivity contribution in [1.29, 1.82) is 0 Å². The number of aromatic nitrogens is 2. The quantitative estimate of drug-likeness (QED) is 0.820. The lowest BCUT2D eigenvalue weighted by Gasteiger charge is -2.26. The van der Waals surface area contributed by atoms with Crippen LogP contribution >= 0.6 is 0 Å². The summed E-state index contributed by atoms with van der Waals surface area (Å²) >= 11 is 0. The number of nitrogens with zero attached hydrogens (tertiary/aromatic N) is 3. The maximum Gasteiger partial charge on any atom is 0.0949 e. The lowest BCUT2D eigenvalue weighted by molar-refractivity contribution is 0.183. The molecule has 2 heterocycles. The Bertz CT molecular complexity index is 608. The van der Waals surface area contributed by atoms with E-state index in [2.05, 4.69) is 45.6 Å². The van der Waals surface area contributed by atoms with Crippen LogP contribution in [0.2, 0.25) is 0 Å². The number of hydrogen-bond acceptors (Lipinski definition) is 3. The van der Waals surface area contributed by atoms with E-state index in [1.807, 2.05) is 12.5 Å². The van der Waals surface area contributed by atoms with Gasteiger partial charge in [0.25, 0.3) is 0 Å². The van der Waals surface area contributed by atoms with Crippen molar-refractivity contribution in [2.45, 2.75) is 38.9 Å². The fraction of sp³-hybridized carbons (Fsp3) is 0.500. The first-order valence-electron chi connectivity index (χ1n) is 8.07. The molecule has 0 amide bonds. The molecule has 118 valence electrons. The Morgan fingerprint density at radius 3 is 3.00 bits per heavy atom. The van der Waals surface area contributed by atoms with Gasteiger partial charge in [0.1, 0.15) is 0 Å². The van der Waals surface area contributed by atoms with Crippen LogP contribution in [0.25, 0.3) is 0 Å². The van der Waals surface area contributed by atoms with E-state index >= 15 is 0 Å². The number of aryl methyl sites for hydroxylation is 1. The summed E-state index contributed by atoms with van der Waals surface area (Å²) in [5.41, 5.74) is 4.15. The molecule has 0 aliphatic carbocycles. The predicted molar refractivity (Wildman–Crippen MR) is 87.7 cm³/mol. The topological polar surface area (TPSA) is 30.3 Å². The van der Waals surface area contributed by atoms with Crippen molar-refractivity contribution in [1.82, 2.24) is 14.5 Å². The maximum atomic E-state index is 5.18. The number of benzene rings is 1. The fourth-order valence-electron chi connectivity index (χ4n) is 3.41. The number of likely N-dealkylation sites (tertiary alicyclic amines) is 1. The third kappa shape index (κ3) is 3.23. The van der Waals surface area contributed by atoms with Crippen LogP contribution in [0.5, 0.6) is 0 Å². The van der Waals surface area contributed by atoms with Crippen molar-refractivity contribution in [3.8, 4) is 0 Å². The van der Waals surface area contributed by atoms with Gasteiger partial charge >= 0.3 is 0 Å². The molecule has 0 bridgehead atoms. The van der Waals surface area contributed by atoms with Gasteiger partial charge in [-0.1, -0.05) is 24.3 Å². The average molecular weight is 299 g/mol. The average Bonchev–Trinajstić information content (AvgIpc) is 3.16. The van der Waals surface area contributed by atoms with E-state index in [-0.39, 0.29) is 0 Å². The first kappa shape index (κ1) is 15.3. The molecule has 1 saturated heterocycles. The van der Waals surface area contributed by atoms with Gasteiger partial charge in [0.15, 0.2) is 0 Å². The van der Waals surface area contributed by atoms with Gasteiger partial charge in [0.05, 0.1) is 18.6 Å². The SMILES string of the molecule is COCCn1cncc1CN1CCC[C@@H]1c1ccccc1C. The highest BCUT2D eigenvalue weighted by Gasteiger charge is 2.27. The summed E-state index contributed by atoms with van der Waals surface area (Å²) in [6.45, 7) is 5.94. The second-order valence-corrected chi connectivity index (χ2v) is 6.06. The van der Waals surface area contributed by atoms with Gasteiger partial charge in [-0.15, -0.1) is 0 Å². The highest BCUT2D eigenvalue weighted by Crippen LogP contribution is 2.34. The number of ether oxygens (including phenoxy) is 1. The minimum atomic E-state index is 0.534. The molecule has 0 N–H and O–H groups in total. The van der Waals surface area contributed by atoms with Crippen molar-refractivity contribution in [2.24, 2.45) is 0 Å². The molecule has 0 unspecified atom stereocenters. The monoisotopic (exact) mass is 299 g/mol. The van der Waals surface area contributed by atoms with E-state index in [1.165, 1.54) is 29.7 Å². The first-order chi connectivity index (χ1) is 10.8. The lowest BCUT2D eigenvalue weighted by Crippen LogP contribution is -2.25. The van der Waals surface area contributed by atoms with Gasteiger partial charge in [-0.05, 0) is 37.4 Å². The van der Waals surface area contributed by atoms with E-state index in [0.29, 0.717) is 6.04 Å². The van der Waals surface area contributed by atoms with Gasteiger partial charge in [-0.2, -0.15) is 0 Å². The maximum absolute atomic E-state index is 5.18. The smallest absolute Gasteiger partial charge is 0.0949 e. The fourth-order valence-corrected chi connectivity index (χ4v) is 3.41. The van der Waals surface area contributed by atoms with Gasteiger partial charge in [0, 0.05) is 32.4 Å². The van der Waals surface area contributed by atoms with Crippen LogP contribution in [0.1, 0.15) is 35.7 Å². The van der Waals surface area contributed by atoms with Gasteiger partial charge in [0.2, 0.25) is 0 Å². The normalized spacial score (nSPS) is 18.9. The van der Waals surface area contributed by atoms with Gasteiger partial charge in [-0.25, -0.2) is 4.98 Å². The summed E-state index contributed by atoms with van der Waals surface area (Å²) in [6.07, 6.45) is 6.42. The van der Waals surface area contributed by atoms with Crippen LogP contribution in [0.15, 0.2) is 36.8 Å². The minimum absolute atomic E-state index is 0.534. The molecule has 1 aliphatic rings. The Balaban J connectivity index is 1.74. The molecule has 1 aromatic heterocycles. The number of hydrogen-bond donors (Lipinski definition) is 0. The molecule has 4 heteroatoms. The molecule has 3 rings (SSSR count). The Morgan fingerprint density at radius 1 is 1.32 bits per heavy atom.